The van der Waals surface area contributed by atoms with Crippen molar-refractivity contribution in [3.05, 3.63) is 41.3 Å². The first-order valence-corrected chi connectivity index (χ1v) is 6.29. The van der Waals surface area contributed by atoms with Crippen LogP contribution in [0.25, 0.3) is 0 Å². The number of hydrogen-bond acceptors (Lipinski definition) is 4. The van der Waals surface area contributed by atoms with Gasteiger partial charge in [0.2, 0.25) is 5.76 Å². The Morgan fingerprint density at radius 1 is 1.42 bits per heavy atom. The number of aryl methyl sites for hydroxylation is 2. The molecule has 1 aliphatic rings. The second-order valence-electron chi connectivity index (χ2n) is 4.78. The van der Waals surface area contributed by atoms with Gasteiger partial charge < -0.3 is 15.2 Å². The third-order valence-electron chi connectivity index (χ3n) is 3.31. The molecule has 98 valence electrons. The molecule has 0 aliphatic carbocycles. The molecule has 5 nitrogen and oxygen atoms in total. The summed E-state index contributed by atoms with van der Waals surface area (Å²) in [7, 11) is 0. The second kappa shape index (κ2) is 4.42. The first-order chi connectivity index (χ1) is 9.15. The van der Waals surface area contributed by atoms with E-state index in [4.69, 9.17) is 10.3 Å². The van der Waals surface area contributed by atoms with Crippen molar-refractivity contribution in [3.63, 3.8) is 0 Å². The predicted molar refractivity (Wildman–Crippen MR) is 72.1 cm³/mol. The van der Waals surface area contributed by atoms with Crippen molar-refractivity contribution in [2.24, 2.45) is 0 Å². The molecule has 2 N–H and O–H groups in total. The van der Waals surface area contributed by atoms with Crippen LogP contribution in [0.3, 0.4) is 0 Å². The lowest BCUT2D eigenvalue weighted by Gasteiger charge is -2.28. The molecule has 1 aromatic heterocycles. The summed E-state index contributed by atoms with van der Waals surface area (Å²) >= 11 is 0. The molecule has 0 bridgehead atoms. The van der Waals surface area contributed by atoms with E-state index in [0.29, 0.717) is 12.2 Å². The van der Waals surface area contributed by atoms with Gasteiger partial charge in [0, 0.05) is 24.0 Å². The standard InChI is InChI=1S/C14H15N3O2/c1-9-7-13(19-16-9)14(18)17-6-2-3-10-8-11(15)4-5-12(10)17/h4-5,7-8H,2-3,6,15H2,1H3. The molecule has 3 rings (SSSR count). The smallest absolute Gasteiger partial charge is 0.296 e. The van der Waals surface area contributed by atoms with Crippen molar-refractivity contribution in [1.82, 2.24) is 5.16 Å². The van der Waals surface area contributed by atoms with Gasteiger partial charge in [0.25, 0.3) is 5.91 Å². The molecule has 0 fully saturated rings. The summed E-state index contributed by atoms with van der Waals surface area (Å²) in [6, 6.07) is 7.30. The lowest BCUT2D eigenvalue weighted by molar-refractivity contribution is 0.0949. The van der Waals surface area contributed by atoms with E-state index in [1.807, 2.05) is 18.2 Å². The van der Waals surface area contributed by atoms with Gasteiger partial charge in [-0.05, 0) is 43.5 Å². The fourth-order valence-electron chi connectivity index (χ4n) is 2.43. The third-order valence-corrected chi connectivity index (χ3v) is 3.31. The van der Waals surface area contributed by atoms with Gasteiger partial charge in [-0.1, -0.05) is 5.16 Å². The first kappa shape index (κ1) is 11.8. The van der Waals surface area contributed by atoms with E-state index in [-0.39, 0.29) is 11.7 Å². The Balaban J connectivity index is 1.97. The molecular formula is C14H15N3O2. The van der Waals surface area contributed by atoms with Gasteiger partial charge in [0.1, 0.15) is 0 Å². The van der Waals surface area contributed by atoms with Gasteiger partial charge in [0.15, 0.2) is 0 Å². The summed E-state index contributed by atoms with van der Waals surface area (Å²) in [5, 5.41) is 3.76. The molecule has 1 amide bonds. The Labute approximate surface area is 111 Å². The van der Waals surface area contributed by atoms with Crippen molar-refractivity contribution in [2.75, 3.05) is 17.2 Å². The van der Waals surface area contributed by atoms with Crippen LogP contribution >= 0.6 is 0 Å². The SMILES string of the molecule is Cc1cc(C(=O)N2CCCc3cc(N)ccc32)on1. The summed E-state index contributed by atoms with van der Waals surface area (Å²) in [6.07, 6.45) is 1.87. The maximum Gasteiger partial charge on any atom is 0.296 e. The van der Waals surface area contributed by atoms with Crippen molar-refractivity contribution in [2.45, 2.75) is 19.8 Å². The highest BCUT2D eigenvalue weighted by molar-refractivity contribution is 6.05. The lowest BCUT2D eigenvalue weighted by Crippen LogP contribution is -2.35. The van der Waals surface area contributed by atoms with E-state index >= 15 is 0 Å². The zero-order valence-corrected chi connectivity index (χ0v) is 10.7. The van der Waals surface area contributed by atoms with Crippen LogP contribution in [-0.4, -0.2) is 17.6 Å². The van der Waals surface area contributed by atoms with Gasteiger partial charge in [-0.15, -0.1) is 0 Å². The fraction of sp³-hybridized carbons (Fsp3) is 0.286. The Kier molecular flexibility index (Phi) is 2.74. The molecule has 1 aromatic carbocycles. The molecule has 5 heteroatoms. The number of carbonyl (C=O) groups excluding carboxylic acids is 1. The van der Waals surface area contributed by atoms with Gasteiger partial charge in [-0.25, -0.2) is 0 Å². The first-order valence-electron chi connectivity index (χ1n) is 6.29. The van der Waals surface area contributed by atoms with E-state index in [9.17, 15) is 4.79 Å². The van der Waals surface area contributed by atoms with Gasteiger partial charge >= 0.3 is 0 Å². The Bertz CT molecular complexity index is 633. The van der Waals surface area contributed by atoms with Gasteiger partial charge in [-0.3, -0.25) is 4.79 Å². The number of benzene rings is 1. The van der Waals surface area contributed by atoms with Crippen LogP contribution in [0.1, 0.15) is 28.2 Å². The van der Waals surface area contributed by atoms with E-state index in [2.05, 4.69) is 5.16 Å². The van der Waals surface area contributed by atoms with Crippen molar-refractivity contribution in [3.8, 4) is 0 Å². The topological polar surface area (TPSA) is 72.4 Å². The van der Waals surface area contributed by atoms with Crippen LogP contribution < -0.4 is 10.6 Å². The molecule has 0 saturated carbocycles. The second-order valence-corrected chi connectivity index (χ2v) is 4.78. The number of nitrogen functional groups attached to an aromatic ring is 1. The maximum absolute atomic E-state index is 12.4. The number of fused-ring (bicyclic) bond motifs is 1. The molecule has 2 aromatic rings. The van der Waals surface area contributed by atoms with E-state index < -0.39 is 0 Å². The predicted octanol–water partition coefficient (Wildman–Crippen LogP) is 2.16. The third kappa shape index (κ3) is 2.07. The van der Waals surface area contributed by atoms with Crippen molar-refractivity contribution >= 4 is 17.3 Å². The number of anilines is 2. The highest BCUT2D eigenvalue weighted by Crippen LogP contribution is 2.30. The summed E-state index contributed by atoms with van der Waals surface area (Å²) in [5.74, 6) is 0.133. The zero-order valence-electron chi connectivity index (χ0n) is 10.7. The summed E-state index contributed by atoms with van der Waals surface area (Å²) in [5.41, 5.74) is 9.24. The van der Waals surface area contributed by atoms with E-state index in [0.717, 1.165) is 29.8 Å². The summed E-state index contributed by atoms with van der Waals surface area (Å²) in [4.78, 5) is 14.2. The largest absolute Gasteiger partial charge is 0.399 e. The van der Waals surface area contributed by atoms with Crippen LogP contribution in [-0.2, 0) is 6.42 Å². The average molecular weight is 257 g/mol. The summed E-state index contributed by atoms with van der Waals surface area (Å²) in [6.45, 7) is 2.49. The van der Waals surface area contributed by atoms with Gasteiger partial charge in [0.05, 0.1) is 5.69 Å². The molecule has 0 spiro atoms. The molecule has 0 unspecified atom stereocenters. The number of amides is 1. The van der Waals surface area contributed by atoms with E-state index in [1.54, 1.807) is 17.9 Å². The quantitative estimate of drug-likeness (QED) is 0.794. The molecule has 0 saturated heterocycles. The number of nitrogens with zero attached hydrogens (tertiary/aromatic N) is 2. The number of carbonyl (C=O) groups is 1. The van der Waals surface area contributed by atoms with Crippen LogP contribution in [0.15, 0.2) is 28.8 Å². The fourth-order valence-corrected chi connectivity index (χ4v) is 2.43. The Morgan fingerprint density at radius 2 is 2.26 bits per heavy atom. The number of rotatable bonds is 1. The average Bonchev–Trinajstić information content (AvgIpc) is 2.83. The highest BCUT2D eigenvalue weighted by atomic mass is 16.5. The van der Waals surface area contributed by atoms with Crippen LogP contribution in [0.5, 0.6) is 0 Å². The molecule has 1 aliphatic heterocycles. The molecule has 0 atom stereocenters. The zero-order chi connectivity index (χ0) is 13.4. The van der Waals surface area contributed by atoms with Crippen LogP contribution in [0.4, 0.5) is 11.4 Å². The monoisotopic (exact) mass is 257 g/mol. The van der Waals surface area contributed by atoms with Crippen LogP contribution in [0, 0.1) is 6.92 Å². The minimum Gasteiger partial charge on any atom is -0.399 e. The molecule has 2 heterocycles. The summed E-state index contributed by atoms with van der Waals surface area (Å²) < 4.78 is 5.05. The highest BCUT2D eigenvalue weighted by Gasteiger charge is 2.26. The minimum atomic E-state index is -0.147. The van der Waals surface area contributed by atoms with Gasteiger partial charge in [-0.2, -0.15) is 0 Å². The number of hydrogen-bond donors (Lipinski definition) is 1. The molecule has 0 radical (unpaired) electrons. The Morgan fingerprint density at radius 3 is 3.00 bits per heavy atom. The van der Waals surface area contributed by atoms with E-state index in [1.165, 1.54) is 0 Å². The Hall–Kier alpha value is -2.30. The van der Waals surface area contributed by atoms with Crippen molar-refractivity contribution < 1.29 is 9.32 Å². The number of aromatic nitrogens is 1. The lowest BCUT2D eigenvalue weighted by atomic mass is 10.0. The normalized spacial score (nSPS) is 14.3. The minimum absolute atomic E-state index is 0.147. The van der Waals surface area contributed by atoms with Crippen LogP contribution in [0.2, 0.25) is 0 Å². The number of nitrogens with two attached hydrogens (primary N) is 1. The molecule has 19 heavy (non-hydrogen) atoms. The molecular weight excluding hydrogens is 242 g/mol. The van der Waals surface area contributed by atoms with Crippen molar-refractivity contribution in [1.29, 1.82) is 0 Å². The maximum atomic E-state index is 12.4.